The number of hydrogen-bond donors (Lipinski definition) is 1. The minimum atomic E-state index is -0.347. The molecule has 0 aromatic heterocycles. The Morgan fingerprint density at radius 1 is 1.00 bits per heavy atom. The third kappa shape index (κ3) is 3.88. The van der Waals surface area contributed by atoms with Gasteiger partial charge in [-0.2, -0.15) is 0 Å². The molecule has 1 aliphatic heterocycles. The van der Waals surface area contributed by atoms with Gasteiger partial charge in [0.15, 0.2) is 11.5 Å². The van der Waals surface area contributed by atoms with Crippen LogP contribution in [0.2, 0.25) is 0 Å². The first-order valence-corrected chi connectivity index (χ1v) is 9.09. The van der Waals surface area contributed by atoms with Crippen LogP contribution < -0.4 is 24.4 Å². The summed E-state index contributed by atoms with van der Waals surface area (Å²) in [6.45, 7) is 0.694. The van der Waals surface area contributed by atoms with Crippen molar-refractivity contribution in [2.24, 2.45) is 0 Å². The monoisotopic (exact) mass is 384 g/mol. The Balaban J connectivity index is 1.86. The maximum atomic E-state index is 12.8. The van der Waals surface area contributed by atoms with Gasteiger partial charge >= 0.3 is 0 Å². The topological polar surface area (TPSA) is 77.1 Å². The van der Waals surface area contributed by atoms with Crippen LogP contribution >= 0.6 is 0 Å². The van der Waals surface area contributed by atoms with E-state index in [9.17, 15) is 9.59 Å². The van der Waals surface area contributed by atoms with E-state index < -0.39 is 0 Å². The maximum absolute atomic E-state index is 12.8. The smallest absolute Gasteiger partial charge is 0.259 e. The van der Waals surface area contributed by atoms with Crippen molar-refractivity contribution in [2.75, 3.05) is 38.1 Å². The van der Waals surface area contributed by atoms with Crippen molar-refractivity contribution in [1.82, 2.24) is 0 Å². The molecule has 1 saturated heterocycles. The summed E-state index contributed by atoms with van der Waals surface area (Å²) in [6, 6.07) is 10.5. The van der Waals surface area contributed by atoms with E-state index in [1.807, 2.05) is 12.1 Å². The Bertz CT molecular complexity index is 881. The van der Waals surface area contributed by atoms with E-state index in [1.54, 1.807) is 29.2 Å². The second-order valence-corrected chi connectivity index (χ2v) is 6.39. The highest BCUT2D eigenvalue weighted by Crippen LogP contribution is 2.40. The number of amides is 2. The first-order valence-electron chi connectivity index (χ1n) is 9.09. The number of rotatable bonds is 6. The fraction of sp³-hybridized carbons (Fsp3) is 0.333. The quantitative estimate of drug-likeness (QED) is 0.825. The Morgan fingerprint density at radius 2 is 1.79 bits per heavy atom. The highest BCUT2D eigenvalue weighted by atomic mass is 16.5. The molecule has 1 fully saturated rings. The lowest BCUT2D eigenvalue weighted by Crippen LogP contribution is -2.35. The number of nitrogens with one attached hydrogen (secondary N) is 1. The normalized spacial score (nSPS) is 13.8. The van der Waals surface area contributed by atoms with Crippen LogP contribution in [0.3, 0.4) is 0 Å². The Kier molecular flexibility index (Phi) is 6.03. The lowest BCUT2D eigenvalue weighted by Gasteiger charge is -2.27. The third-order valence-electron chi connectivity index (χ3n) is 4.69. The molecule has 7 heteroatoms. The summed E-state index contributed by atoms with van der Waals surface area (Å²) in [7, 11) is 4.47. The number of carbonyl (C=O) groups is 2. The summed E-state index contributed by atoms with van der Waals surface area (Å²) in [5, 5.41) is 2.86. The van der Waals surface area contributed by atoms with E-state index in [0.29, 0.717) is 41.5 Å². The SMILES string of the molecule is COc1ccc(C(=O)Nc2cccc(N3CCCCC3=O)c2)c(OC)c1OC. The zero-order valence-corrected chi connectivity index (χ0v) is 16.3. The van der Waals surface area contributed by atoms with Crippen molar-refractivity contribution in [3.63, 3.8) is 0 Å². The molecule has 0 aliphatic carbocycles. The predicted molar refractivity (Wildman–Crippen MR) is 107 cm³/mol. The maximum Gasteiger partial charge on any atom is 0.259 e. The van der Waals surface area contributed by atoms with Gasteiger partial charge in [-0.25, -0.2) is 0 Å². The van der Waals surface area contributed by atoms with Crippen molar-refractivity contribution in [2.45, 2.75) is 19.3 Å². The Labute approximate surface area is 164 Å². The lowest BCUT2D eigenvalue weighted by atomic mass is 10.1. The molecule has 7 nitrogen and oxygen atoms in total. The van der Waals surface area contributed by atoms with E-state index in [0.717, 1.165) is 18.5 Å². The van der Waals surface area contributed by atoms with Crippen molar-refractivity contribution < 1.29 is 23.8 Å². The summed E-state index contributed by atoms with van der Waals surface area (Å²) in [6.07, 6.45) is 2.45. The van der Waals surface area contributed by atoms with E-state index in [4.69, 9.17) is 14.2 Å². The first-order chi connectivity index (χ1) is 13.6. The van der Waals surface area contributed by atoms with Gasteiger partial charge in [0, 0.05) is 24.3 Å². The molecule has 28 heavy (non-hydrogen) atoms. The Morgan fingerprint density at radius 3 is 2.46 bits per heavy atom. The molecule has 0 spiro atoms. The molecule has 1 N–H and O–H groups in total. The van der Waals surface area contributed by atoms with Crippen LogP contribution in [0.1, 0.15) is 29.6 Å². The number of anilines is 2. The van der Waals surface area contributed by atoms with E-state index in [2.05, 4.69) is 5.32 Å². The van der Waals surface area contributed by atoms with E-state index >= 15 is 0 Å². The molecule has 0 atom stereocenters. The minimum Gasteiger partial charge on any atom is -0.493 e. The van der Waals surface area contributed by atoms with Gasteiger partial charge in [0.2, 0.25) is 11.7 Å². The molecule has 2 amide bonds. The first kappa shape index (κ1) is 19.5. The standard InChI is InChI=1S/C21H24N2O5/c1-26-17-11-10-16(19(27-2)20(17)28-3)21(25)22-14-7-6-8-15(13-14)23-12-5-4-9-18(23)24/h6-8,10-11,13H,4-5,9,12H2,1-3H3,(H,22,25). The third-order valence-corrected chi connectivity index (χ3v) is 4.69. The molecule has 0 bridgehead atoms. The second-order valence-electron chi connectivity index (χ2n) is 6.39. The summed E-state index contributed by atoms with van der Waals surface area (Å²) < 4.78 is 16.0. The number of ether oxygens (including phenoxy) is 3. The van der Waals surface area contributed by atoms with Crippen LogP contribution in [0, 0.1) is 0 Å². The predicted octanol–water partition coefficient (Wildman–Crippen LogP) is 3.48. The molecular weight excluding hydrogens is 360 g/mol. The van der Waals surface area contributed by atoms with E-state index in [-0.39, 0.29) is 11.8 Å². The highest BCUT2D eigenvalue weighted by molar-refractivity contribution is 6.07. The molecule has 0 unspecified atom stereocenters. The van der Waals surface area contributed by atoms with Gasteiger partial charge in [0.05, 0.1) is 26.9 Å². The molecule has 2 aromatic rings. The summed E-state index contributed by atoms with van der Waals surface area (Å²) in [4.78, 5) is 26.8. The van der Waals surface area contributed by atoms with E-state index in [1.165, 1.54) is 21.3 Å². The molecule has 3 rings (SSSR count). The van der Waals surface area contributed by atoms with Gasteiger partial charge in [-0.1, -0.05) is 6.07 Å². The van der Waals surface area contributed by atoms with Gasteiger partial charge in [0.1, 0.15) is 0 Å². The molecule has 148 valence electrons. The zero-order chi connectivity index (χ0) is 20.1. The fourth-order valence-corrected chi connectivity index (χ4v) is 3.31. The second kappa shape index (κ2) is 8.65. The minimum absolute atomic E-state index is 0.108. The average Bonchev–Trinajstić information content (AvgIpc) is 2.72. The van der Waals surface area contributed by atoms with Crippen molar-refractivity contribution >= 4 is 23.2 Å². The van der Waals surface area contributed by atoms with Crippen molar-refractivity contribution in [3.8, 4) is 17.2 Å². The van der Waals surface area contributed by atoms with Gasteiger partial charge in [-0.3, -0.25) is 9.59 Å². The van der Waals surface area contributed by atoms with Gasteiger partial charge in [0.25, 0.3) is 5.91 Å². The molecule has 1 heterocycles. The number of benzene rings is 2. The lowest BCUT2D eigenvalue weighted by molar-refractivity contribution is -0.119. The summed E-state index contributed by atoms with van der Waals surface area (Å²) in [5.74, 6) is 0.879. The molecule has 0 radical (unpaired) electrons. The average molecular weight is 384 g/mol. The number of carbonyl (C=O) groups excluding carboxylic acids is 2. The van der Waals surface area contributed by atoms with Crippen LogP contribution in [0.15, 0.2) is 36.4 Å². The largest absolute Gasteiger partial charge is 0.493 e. The van der Waals surface area contributed by atoms with Crippen molar-refractivity contribution in [3.05, 3.63) is 42.0 Å². The van der Waals surface area contributed by atoms with Gasteiger partial charge in [-0.05, 0) is 43.2 Å². The number of hydrogen-bond acceptors (Lipinski definition) is 5. The molecule has 1 aliphatic rings. The summed E-state index contributed by atoms with van der Waals surface area (Å²) in [5.41, 5.74) is 1.69. The van der Waals surface area contributed by atoms with Gasteiger partial charge < -0.3 is 24.4 Å². The highest BCUT2D eigenvalue weighted by Gasteiger charge is 2.22. The summed E-state index contributed by atoms with van der Waals surface area (Å²) >= 11 is 0. The number of methoxy groups -OCH3 is 3. The van der Waals surface area contributed by atoms with Crippen LogP contribution in [0.25, 0.3) is 0 Å². The van der Waals surface area contributed by atoms with Crippen LogP contribution in [0.4, 0.5) is 11.4 Å². The molecule has 2 aromatic carbocycles. The van der Waals surface area contributed by atoms with Crippen LogP contribution in [-0.4, -0.2) is 39.7 Å². The number of nitrogens with zero attached hydrogens (tertiary/aromatic N) is 1. The number of piperidine rings is 1. The zero-order valence-electron chi connectivity index (χ0n) is 16.3. The molecular formula is C21H24N2O5. The Hall–Kier alpha value is -3.22. The van der Waals surface area contributed by atoms with Crippen molar-refractivity contribution in [1.29, 1.82) is 0 Å². The van der Waals surface area contributed by atoms with Gasteiger partial charge in [-0.15, -0.1) is 0 Å². The van der Waals surface area contributed by atoms with Crippen LogP contribution in [0.5, 0.6) is 17.2 Å². The molecule has 0 saturated carbocycles. The van der Waals surface area contributed by atoms with Crippen LogP contribution in [-0.2, 0) is 4.79 Å². The fourth-order valence-electron chi connectivity index (χ4n) is 3.31.